The molecule has 13 heteroatoms. The van der Waals surface area contributed by atoms with Gasteiger partial charge in [-0.2, -0.15) is 0 Å². The predicted octanol–water partition coefficient (Wildman–Crippen LogP) is 10.1. The van der Waals surface area contributed by atoms with Crippen LogP contribution in [0.25, 0.3) is 44.6 Å². The van der Waals surface area contributed by atoms with Gasteiger partial charge in [0.1, 0.15) is 56.4 Å². The van der Waals surface area contributed by atoms with Crippen LogP contribution in [0, 0.1) is 5.41 Å². The highest BCUT2D eigenvalue weighted by Crippen LogP contribution is 2.41. The second-order valence-corrected chi connectivity index (χ2v) is 15.7. The van der Waals surface area contributed by atoms with Crippen LogP contribution in [0.3, 0.4) is 0 Å². The summed E-state index contributed by atoms with van der Waals surface area (Å²) in [5.74, 6) is -2.85. The first-order valence-electron chi connectivity index (χ1n) is 19.8. The Bertz CT molecular complexity index is 2920. The number of hydrogen-bond acceptors (Lipinski definition) is 13. The lowest BCUT2D eigenvalue weighted by Crippen LogP contribution is -2.19. The fourth-order valence-electron chi connectivity index (χ4n) is 7.00. The van der Waals surface area contributed by atoms with Gasteiger partial charge in [0.15, 0.2) is 22.7 Å². The highest BCUT2D eigenvalue weighted by molar-refractivity contribution is 5.88. The quantitative estimate of drug-likeness (QED) is 0.0537. The third-order valence-electron chi connectivity index (χ3n) is 10.3. The maximum absolute atomic E-state index is 12.1. The first-order valence-corrected chi connectivity index (χ1v) is 19.8. The van der Waals surface area contributed by atoms with Crippen molar-refractivity contribution in [3.8, 4) is 68.6 Å². The Kier molecular flexibility index (Phi) is 14.6. The molecule has 0 bridgehead atoms. The van der Waals surface area contributed by atoms with Crippen molar-refractivity contribution in [1.29, 1.82) is 0 Å². The third kappa shape index (κ3) is 11.4. The Morgan fingerprint density at radius 1 is 0.683 bits per heavy atom. The fourth-order valence-corrected chi connectivity index (χ4v) is 7.00. The Morgan fingerprint density at radius 2 is 1.30 bits per heavy atom. The molecule has 0 saturated heterocycles. The van der Waals surface area contributed by atoms with E-state index < -0.39 is 28.1 Å². The Labute approximate surface area is 362 Å². The highest BCUT2D eigenvalue weighted by atomic mass is 16.4. The molecule has 0 fully saturated rings. The van der Waals surface area contributed by atoms with Crippen LogP contribution in [0.15, 0.2) is 150 Å². The van der Waals surface area contributed by atoms with Gasteiger partial charge in [-0.05, 0) is 93.5 Å². The van der Waals surface area contributed by atoms with Crippen LogP contribution in [0.2, 0.25) is 0 Å². The average Bonchev–Trinajstić information content (AvgIpc) is 3.20. The van der Waals surface area contributed by atoms with E-state index in [1.165, 1.54) is 66.3 Å². The Morgan fingerprint density at radius 3 is 1.92 bits per heavy atom. The van der Waals surface area contributed by atoms with E-state index in [0.717, 1.165) is 35.9 Å². The van der Waals surface area contributed by atoms with Crippen LogP contribution in [0.4, 0.5) is 0 Å². The lowest BCUT2D eigenvalue weighted by molar-refractivity contribution is 0.342. The van der Waals surface area contributed by atoms with Crippen LogP contribution in [-0.4, -0.2) is 52.6 Å². The summed E-state index contributed by atoms with van der Waals surface area (Å²) in [5, 5.41) is 84.8. The van der Waals surface area contributed by atoms with E-state index in [2.05, 4.69) is 45.9 Å². The zero-order valence-electron chi connectivity index (χ0n) is 35.4. The molecule has 0 atom stereocenters. The average molecular weight is 859 g/mol. The smallest absolute Gasteiger partial charge is 0.238 e. The lowest BCUT2D eigenvalue weighted by atomic mass is 9.72. The van der Waals surface area contributed by atoms with Gasteiger partial charge in [-0.15, -0.1) is 0 Å². The van der Waals surface area contributed by atoms with Gasteiger partial charge in [0.05, 0.1) is 6.61 Å². The fraction of sp³-hybridized carbons (Fsp3) is 0.200. The van der Waals surface area contributed by atoms with Crippen LogP contribution in [0.5, 0.6) is 46.0 Å². The number of aliphatic hydroxyl groups is 1. The van der Waals surface area contributed by atoms with Crippen LogP contribution >= 0.6 is 0 Å². The number of phenols is 7. The largest absolute Gasteiger partial charge is 0.508 e. The molecule has 0 saturated carbocycles. The van der Waals surface area contributed by atoms with Crippen molar-refractivity contribution in [2.75, 3.05) is 6.61 Å². The summed E-state index contributed by atoms with van der Waals surface area (Å²) in [6.45, 7) is 11.2. The molecule has 0 spiro atoms. The van der Waals surface area contributed by atoms with Gasteiger partial charge in [0, 0.05) is 41.5 Å². The van der Waals surface area contributed by atoms with E-state index in [-0.39, 0.29) is 74.4 Å². The monoisotopic (exact) mass is 858 g/mol. The van der Waals surface area contributed by atoms with Crippen molar-refractivity contribution < 1.29 is 54.8 Å². The van der Waals surface area contributed by atoms with Crippen LogP contribution in [0.1, 0.15) is 53.9 Å². The van der Waals surface area contributed by atoms with Gasteiger partial charge in [-0.1, -0.05) is 67.0 Å². The molecule has 63 heavy (non-hydrogen) atoms. The molecule has 9 N–H and O–H groups in total. The molecule has 0 unspecified atom stereocenters. The molecule has 13 nitrogen and oxygen atoms in total. The number of aromatic hydroxyl groups is 8. The molecule has 328 valence electrons. The molecule has 4 aromatic carbocycles. The first kappa shape index (κ1) is 46.4. The van der Waals surface area contributed by atoms with Crippen molar-refractivity contribution in [2.24, 2.45) is 5.41 Å². The number of fused-ring (bicyclic) bond motifs is 2. The van der Waals surface area contributed by atoms with E-state index in [0.29, 0.717) is 11.0 Å². The lowest BCUT2D eigenvalue weighted by Gasteiger charge is -2.32. The van der Waals surface area contributed by atoms with Crippen LogP contribution in [-0.2, 0) is 0 Å². The minimum atomic E-state index is -0.888. The van der Waals surface area contributed by atoms with E-state index in [9.17, 15) is 50.4 Å². The number of aliphatic hydroxyl groups excluding tert-OH is 1. The van der Waals surface area contributed by atoms with E-state index >= 15 is 0 Å². The molecule has 1 aliphatic rings. The molecule has 0 radical (unpaired) electrons. The normalized spacial score (nSPS) is 14.2. The molecule has 0 amide bonds. The molecular weight excluding hydrogens is 809 g/mol. The van der Waals surface area contributed by atoms with Crippen LogP contribution < -0.4 is 10.9 Å². The summed E-state index contributed by atoms with van der Waals surface area (Å²) in [6, 6.07) is 15.4. The minimum absolute atomic E-state index is 0.0188. The molecule has 2 heterocycles. The zero-order chi connectivity index (χ0) is 46.2. The summed E-state index contributed by atoms with van der Waals surface area (Å²) < 4.78 is 10.9. The number of allylic oxidation sites excluding steroid dienone is 9. The zero-order valence-corrected chi connectivity index (χ0v) is 35.4. The van der Waals surface area contributed by atoms with E-state index in [1.54, 1.807) is 18.2 Å². The molecular formula is C50H50O13. The maximum Gasteiger partial charge on any atom is 0.238 e. The minimum Gasteiger partial charge on any atom is -0.508 e. The number of phenolic OH excluding ortho intramolecular Hbond substituents is 7. The Balaban J connectivity index is 0.000000178. The molecule has 6 aromatic rings. The SMILES string of the molecule is CC1=C(/C=C/C(C)=C/C=C/C(C)=C/CO)C(C)(C)CCC1.O=c1c(O)c(-c2ccc(O)c(O)c2)oc2cc(O)cc(O)c12.O=c1cc(-c2ccc(O)cc2)oc2cc(O)cc(O)c12. The second-order valence-electron chi connectivity index (χ2n) is 15.7. The first-order chi connectivity index (χ1) is 29.8. The molecule has 7 rings (SSSR count). The van der Waals surface area contributed by atoms with E-state index in [1.807, 2.05) is 19.1 Å². The van der Waals surface area contributed by atoms with Gasteiger partial charge >= 0.3 is 0 Å². The predicted molar refractivity (Wildman–Crippen MR) is 242 cm³/mol. The Hall–Kier alpha value is -7.64. The highest BCUT2D eigenvalue weighted by Gasteiger charge is 2.26. The number of benzene rings is 4. The van der Waals surface area contributed by atoms with Gasteiger partial charge in [0.2, 0.25) is 11.2 Å². The van der Waals surface area contributed by atoms with Gasteiger partial charge in [0.25, 0.3) is 0 Å². The maximum atomic E-state index is 12.1. The topological polar surface area (TPSA) is 242 Å². The summed E-state index contributed by atoms with van der Waals surface area (Å²) in [6.07, 6.45) is 16.3. The van der Waals surface area contributed by atoms with Crippen molar-refractivity contribution in [3.63, 3.8) is 0 Å². The van der Waals surface area contributed by atoms with Gasteiger partial charge in [-0.25, -0.2) is 0 Å². The van der Waals surface area contributed by atoms with Gasteiger partial charge in [-0.3, -0.25) is 9.59 Å². The van der Waals surface area contributed by atoms with Gasteiger partial charge < -0.3 is 54.8 Å². The summed E-state index contributed by atoms with van der Waals surface area (Å²) in [5.41, 5.74) is 5.06. The molecule has 2 aromatic heterocycles. The summed E-state index contributed by atoms with van der Waals surface area (Å²) in [7, 11) is 0. The van der Waals surface area contributed by atoms with Crippen molar-refractivity contribution >= 4 is 21.9 Å². The van der Waals surface area contributed by atoms with E-state index in [4.69, 9.17) is 13.9 Å². The van der Waals surface area contributed by atoms with Crippen molar-refractivity contribution in [1.82, 2.24) is 0 Å². The summed E-state index contributed by atoms with van der Waals surface area (Å²) in [4.78, 5) is 24.2. The standard InChI is InChI=1S/C20H30O.C15H10O7.C15H10O5/c1-16(8-6-9-17(2)13-15-21)11-12-19-18(3)10-7-14-20(19,4)5;16-7-4-10(19)12-11(5-7)22-15(14(21)13(12)20)6-1-2-8(17)9(18)3-6;16-9-3-1-8(2-4-9)13-7-12(19)15-11(18)5-10(17)6-14(15)20-13/h6,8-9,11-13,21H,7,10,14-15H2,1-5H3;1-5,16-19,21H;1-7,16-18H/b9-6+,12-11+,16-8+,17-13+;;. The van der Waals surface area contributed by atoms with Crippen molar-refractivity contribution in [3.05, 3.63) is 152 Å². The molecule has 1 aliphatic carbocycles. The number of hydrogen-bond donors (Lipinski definition) is 9. The second kappa shape index (κ2) is 19.8. The summed E-state index contributed by atoms with van der Waals surface area (Å²) >= 11 is 0. The third-order valence-corrected chi connectivity index (χ3v) is 10.3. The van der Waals surface area contributed by atoms with Crippen molar-refractivity contribution in [2.45, 2.75) is 53.9 Å². The molecule has 0 aliphatic heterocycles. The number of rotatable bonds is 7.